The third-order valence-electron chi connectivity index (χ3n) is 5.31. The summed E-state index contributed by atoms with van der Waals surface area (Å²) in [5, 5.41) is 0. The summed E-state index contributed by atoms with van der Waals surface area (Å²) in [4.78, 5) is 16.3. The van der Waals surface area contributed by atoms with E-state index in [1.54, 1.807) is 28.8 Å². The van der Waals surface area contributed by atoms with Crippen molar-refractivity contribution in [1.29, 1.82) is 0 Å². The summed E-state index contributed by atoms with van der Waals surface area (Å²) in [6, 6.07) is 14.2. The van der Waals surface area contributed by atoms with Crippen LogP contribution in [0.2, 0.25) is 0 Å². The lowest BCUT2D eigenvalue weighted by molar-refractivity contribution is -0.0440. The van der Waals surface area contributed by atoms with Gasteiger partial charge in [-0.2, -0.15) is 4.31 Å². The van der Waals surface area contributed by atoms with Crippen LogP contribution in [0.15, 0.2) is 58.3 Å². The number of rotatable bonds is 3. The zero-order chi connectivity index (χ0) is 21.3. The van der Waals surface area contributed by atoms with E-state index in [9.17, 15) is 13.2 Å². The highest BCUT2D eigenvalue weighted by atomic mass is 32.2. The number of thioether (sulfide) groups is 1. The Bertz CT molecular complexity index is 1010. The monoisotopic (exact) mass is 446 g/mol. The fourth-order valence-corrected chi connectivity index (χ4v) is 6.52. The number of hydrogen-bond acceptors (Lipinski definition) is 5. The highest BCUT2D eigenvalue weighted by molar-refractivity contribution is 7.99. The largest absolute Gasteiger partial charge is 0.373 e. The average molecular weight is 447 g/mol. The van der Waals surface area contributed by atoms with Crippen molar-refractivity contribution in [3.8, 4) is 0 Å². The Morgan fingerprint density at radius 1 is 1.03 bits per heavy atom. The minimum atomic E-state index is -3.62. The van der Waals surface area contributed by atoms with Gasteiger partial charge in [-0.3, -0.25) is 4.79 Å². The molecule has 160 valence electrons. The molecular weight excluding hydrogens is 420 g/mol. The molecule has 0 radical (unpaired) electrons. The number of amides is 1. The van der Waals surface area contributed by atoms with Gasteiger partial charge in [0, 0.05) is 30.1 Å². The van der Waals surface area contributed by atoms with Gasteiger partial charge in [-0.25, -0.2) is 8.42 Å². The average Bonchev–Trinajstić information content (AvgIpc) is 2.95. The van der Waals surface area contributed by atoms with Crippen LogP contribution in [0, 0.1) is 0 Å². The van der Waals surface area contributed by atoms with E-state index < -0.39 is 10.0 Å². The molecule has 8 heteroatoms. The molecule has 6 nitrogen and oxygen atoms in total. The molecule has 4 rings (SSSR count). The zero-order valence-corrected chi connectivity index (χ0v) is 18.8. The number of carbonyl (C=O) groups is 1. The van der Waals surface area contributed by atoms with Gasteiger partial charge in [0.25, 0.3) is 5.91 Å². The number of anilines is 1. The van der Waals surface area contributed by atoms with E-state index in [1.807, 2.05) is 38.1 Å². The second-order valence-electron chi connectivity index (χ2n) is 7.73. The van der Waals surface area contributed by atoms with E-state index in [0.29, 0.717) is 25.2 Å². The molecule has 0 saturated carbocycles. The molecule has 0 unspecified atom stereocenters. The zero-order valence-electron chi connectivity index (χ0n) is 17.2. The maximum absolute atomic E-state index is 13.2. The molecule has 2 aromatic rings. The first-order chi connectivity index (χ1) is 14.4. The van der Waals surface area contributed by atoms with E-state index >= 15 is 0 Å². The Morgan fingerprint density at radius 2 is 1.70 bits per heavy atom. The van der Waals surface area contributed by atoms with Crippen LogP contribution in [0.4, 0.5) is 5.69 Å². The van der Waals surface area contributed by atoms with Crippen molar-refractivity contribution in [2.45, 2.75) is 42.3 Å². The van der Waals surface area contributed by atoms with Crippen LogP contribution in [0.25, 0.3) is 0 Å². The fourth-order valence-electron chi connectivity index (χ4n) is 3.94. The molecule has 0 aromatic heterocycles. The molecule has 2 aromatic carbocycles. The van der Waals surface area contributed by atoms with Crippen LogP contribution in [0.5, 0.6) is 0 Å². The molecule has 0 N–H and O–H groups in total. The summed E-state index contributed by atoms with van der Waals surface area (Å²) in [5.41, 5.74) is 1.40. The Morgan fingerprint density at radius 3 is 2.40 bits per heavy atom. The van der Waals surface area contributed by atoms with Gasteiger partial charge in [-0.1, -0.05) is 12.1 Å². The molecule has 0 aliphatic carbocycles. The van der Waals surface area contributed by atoms with Crippen molar-refractivity contribution in [3.05, 3.63) is 54.1 Å². The van der Waals surface area contributed by atoms with E-state index in [1.165, 1.54) is 16.4 Å². The molecule has 0 spiro atoms. The third kappa shape index (κ3) is 4.27. The maximum atomic E-state index is 13.2. The molecule has 1 saturated heterocycles. The number of benzene rings is 2. The number of nitrogens with zero attached hydrogens (tertiary/aromatic N) is 2. The van der Waals surface area contributed by atoms with Crippen molar-refractivity contribution in [2.75, 3.05) is 30.3 Å². The summed E-state index contributed by atoms with van der Waals surface area (Å²) in [6.45, 7) is 5.05. The van der Waals surface area contributed by atoms with E-state index in [2.05, 4.69) is 0 Å². The highest BCUT2D eigenvalue weighted by Crippen LogP contribution is 2.34. The standard InChI is InChI=1S/C22H26N2O4S2/c1-16-14-23(15-17(2)28-16)30(26,27)19-10-8-18(9-11-19)22(25)24-12-5-13-29-21-7-4-3-6-20(21)24/h3-4,6-11,16-17H,5,12-15H2,1-2H3/t16-,17-/m1/s1. The SMILES string of the molecule is C[C@@H]1CN(S(=O)(=O)c2ccc(C(=O)N3CCCSc4ccccc43)cc2)C[C@@H](C)O1. The van der Waals surface area contributed by atoms with Crippen LogP contribution in [0.3, 0.4) is 0 Å². The van der Waals surface area contributed by atoms with E-state index in [-0.39, 0.29) is 23.0 Å². The number of carbonyl (C=O) groups excluding carboxylic acids is 1. The molecule has 2 aliphatic rings. The van der Waals surface area contributed by atoms with Gasteiger partial charge < -0.3 is 9.64 Å². The number of ether oxygens (including phenoxy) is 1. The van der Waals surface area contributed by atoms with Gasteiger partial charge in [0.1, 0.15) is 0 Å². The van der Waals surface area contributed by atoms with Gasteiger partial charge in [-0.05, 0) is 62.4 Å². The number of para-hydroxylation sites is 1. The number of sulfonamides is 1. The minimum absolute atomic E-state index is 0.109. The first-order valence-electron chi connectivity index (χ1n) is 10.2. The molecule has 0 bridgehead atoms. The van der Waals surface area contributed by atoms with Gasteiger partial charge in [0.15, 0.2) is 0 Å². The number of fused-ring (bicyclic) bond motifs is 1. The molecule has 1 amide bonds. The highest BCUT2D eigenvalue weighted by Gasteiger charge is 2.32. The Labute approximate surface area is 182 Å². The lowest BCUT2D eigenvalue weighted by Gasteiger charge is -2.34. The van der Waals surface area contributed by atoms with Crippen LogP contribution < -0.4 is 4.90 Å². The van der Waals surface area contributed by atoms with Gasteiger partial charge in [-0.15, -0.1) is 11.8 Å². The quantitative estimate of drug-likeness (QED) is 0.720. The fraction of sp³-hybridized carbons (Fsp3) is 0.409. The smallest absolute Gasteiger partial charge is 0.258 e. The Balaban J connectivity index is 1.57. The molecule has 2 atom stereocenters. The van der Waals surface area contributed by atoms with Crippen molar-refractivity contribution < 1.29 is 17.9 Å². The molecular formula is C22H26N2O4S2. The molecule has 30 heavy (non-hydrogen) atoms. The van der Waals surface area contributed by atoms with Gasteiger partial charge in [0.2, 0.25) is 10.0 Å². The molecule has 2 heterocycles. The molecule has 1 fully saturated rings. The summed E-state index contributed by atoms with van der Waals surface area (Å²) < 4.78 is 33.2. The van der Waals surface area contributed by atoms with E-state index in [4.69, 9.17) is 4.74 Å². The second kappa shape index (κ2) is 8.70. The van der Waals surface area contributed by atoms with Gasteiger partial charge in [0.05, 0.1) is 22.8 Å². The molecule has 2 aliphatic heterocycles. The minimum Gasteiger partial charge on any atom is -0.373 e. The topological polar surface area (TPSA) is 66.9 Å². The Hall–Kier alpha value is -1.87. The van der Waals surface area contributed by atoms with Gasteiger partial charge >= 0.3 is 0 Å². The van der Waals surface area contributed by atoms with Crippen LogP contribution in [-0.2, 0) is 14.8 Å². The summed E-state index contributed by atoms with van der Waals surface area (Å²) >= 11 is 1.76. The number of hydrogen-bond donors (Lipinski definition) is 0. The summed E-state index contributed by atoms with van der Waals surface area (Å²) in [5.74, 6) is 0.858. The van der Waals surface area contributed by atoms with Crippen molar-refractivity contribution in [3.63, 3.8) is 0 Å². The normalized spacial score (nSPS) is 22.9. The van der Waals surface area contributed by atoms with Crippen molar-refractivity contribution >= 4 is 33.4 Å². The predicted molar refractivity (Wildman–Crippen MR) is 119 cm³/mol. The summed E-state index contributed by atoms with van der Waals surface area (Å²) in [6.07, 6.45) is 0.612. The van der Waals surface area contributed by atoms with Crippen molar-refractivity contribution in [1.82, 2.24) is 4.31 Å². The van der Waals surface area contributed by atoms with Crippen LogP contribution in [0.1, 0.15) is 30.6 Å². The summed E-state index contributed by atoms with van der Waals surface area (Å²) in [7, 11) is -3.62. The predicted octanol–water partition coefficient (Wildman–Crippen LogP) is 3.63. The second-order valence-corrected chi connectivity index (χ2v) is 10.8. The Kier molecular flexibility index (Phi) is 6.20. The maximum Gasteiger partial charge on any atom is 0.258 e. The first kappa shape index (κ1) is 21.4. The van der Waals surface area contributed by atoms with E-state index in [0.717, 1.165) is 22.8 Å². The lowest BCUT2D eigenvalue weighted by atomic mass is 10.1. The number of morpholine rings is 1. The first-order valence-corrected chi connectivity index (χ1v) is 12.6. The third-order valence-corrected chi connectivity index (χ3v) is 8.30. The van der Waals surface area contributed by atoms with Crippen LogP contribution >= 0.6 is 11.8 Å². The van der Waals surface area contributed by atoms with Crippen molar-refractivity contribution in [2.24, 2.45) is 0 Å². The van der Waals surface area contributed by atoms with Crippen LogP contribution in [-0.4, -0.2) is 56.2 Å². The lowest BCUT2D eigenvalue weighted by Crippen LogP contribution is -2.48.